The number of ether oxygens (including phenoxy) is 1. The van der Waals surface area contributed by atoms with Crippen LogP contribution in [-0.2, 0) is 11.3 Å². The van der Waals surface area contributed by atoms with Crippen molar-refractivity contribution in [2.45, 2.75) is 6.61 Å². The van der Waals surface area contributed by atoms with Gasteiger partial charge in [-0.3, -0.25) is 0 Å². The summed E-state index contributed by atoms with van der Waals surface area (Å²) in [4.78, 5) is 4.18. The topological polar surface area (TPSA) is 74.2 Å². The monoisotopic (exact) mass is 287 g/mol. The average Bonchev–Trinajstić information content (AvgIpc) is 2.82. The summed E-state index contributed by atoms with van der Waals surface area (Å²) >= 11 is 11.7. The van der Waals surface area contributed by atoms with Gasteiger partial charge in [-0.1, -0.05) is 28.4 Å². The minimum absolute atomic E-state index is 0.242. The number of hydrogen-bond donors (Lipinski definition) is 1. The molecule has 0 radical (unpaired) electrons. The first-order valence-corrected chi connectivity index (χ1v) is 6.02. The van der Waals surface area contributed by atoms with E-state index in [9.17, 15) is 0 Å². The molecule has 0 saturated heterocycles. The lowest BCUT2D eigenvalue weighted by atomic mass is 10.2. The Balaban J connectivity index is 2.11. The zero-order chi connectivity index (χ0) is 13.0. The van der Waals surface area contributed by atoms with Crippen LogP contribution in [0.1, 0.15) is 5.89 Å². The first-order valence-electron chi connectivity index (χ1n) is 5.26. The highest BCUT2D eigenvalue weighted by Crippen LogP contribution is 2.27. The van der Waals surface area contributed by atoms with Gasteiger partial charge in [-0.15, -0.1) is 0 Å². The second kappa shape index (κ2) is 6.15. The van der Waals surface area contributed by atoms with Crippen LogP contribution in [-0.4, -0.2) is 23.3 Å². The van der Waals surface area contributed by atoms with Crippen molar-refractivity contribution in [3.05, 3.63) is 34.1 Å². The van der Waals surface area contributed by atoms with E-state index >= 15 is 0 Å². The van der Waals surface area contributed by atoms with Crippen molar-refractivity contribution in [3.8, 4) is 11.4 Å². The van der Waals surface area contributed by atoms with Crippen LogP contribution in [0, 0.1) is 0 Å². The molecule has 96 valence electrons. The predicted molar refractivity (Wildman–Crippen MR) is 68.5 cm³/mol. The van der Waals surface area contributed by atoms with Crippen LogP contribution >= 0.6 is 23.2 Å². The maximum absolute atomic E-state index is 5.92. The fraction of sp³-hybridized carbons (Fsp3) is 0.273. The second-order valence-corrected chi connectivity index (χ2v) is 4.30. The molecular formula is C11H11Cl2N3O2. The van der Waals surface area contributed by atoms with E-state index < -0.39 is 0 Å². The van der Waals surface area contributed by atoms with E-state index in [0.29, 0.717) is 34.9 Å². The first kappa shape index (κ1) is 13.3. The summed E-state index contributed by atoms with van der Waals surface area (Å²) in [5.74, 6) is 0.837. The van der Waals surface area contributed by atoms with E-state index in [1.807, 2.05) is 0 Å². The van der Waals surface area contributed by atoms with Gasteiger partial charge in [0.15, 0.2) is 0 Å². The molecule has 0 aliphatic rings. The van der Waals surface area contributed by atoms with Crippen LogP contribution in [0.25, 0.3) is 11.4 Å². The molecule has 2 aromatic rings. The van der Waals surface area contributed by atoms with E-state index in [0.717, 1.165) is 5.56 Å². The third kappa shape index (κ3) is 3.20. The highest BCUT2D eigenvalue weighted by atomic mass is 35.5. The number of halogens is 2. The Hall–Kier alpha value is -1.14. The molecule has 7 heteroatoms. The summed E-state index contributed by atoms with van der Waals surface area (Å²) in [6.07, 6.45) is 0. The highest BCUT2D eigenvalue weighted by molar-refractivity contribution is 6.42. The van der Waals surface area contributed by atoms with Gasteiger partial charge in [-0.05, 0) is 18.2 Å². The minimum atomic E-state index is 0.242. The molecule has 0 aliphatic heterocycles. The van der Waals surface area contributed by atoms with Crippen molar-refractivity contribution in [2.24, 2.45) is 5.73 Å². The van der Waals surface area contributed by atoms with Gasteiger partial charge >= 0.3 is 0 Å². The van der Waals surface area contributed by atoms with E-state index in [2.05, 4.69) is 10.1 Å². The van der Waals surface area contributed by atoms with Gasteiger partial charge in [0.05, 0.1) is 16.7 Å². The Kier molecular flexibility index (Phi) is 4.54. The van der Waals surface area contributed by atoms with E-state index in [1.165, 1.54) is 0 Å². The summed E-state index contributed by atoms with van der Waals surface area (Å²) < 4.78 is 10.2. The summed E-state index contributed by atoms with van der Waals surface area (Å²) in [6.45, 7) is 1.14. The molecule has 1 aromatic heterocycles. The van der Waals surface area contributed by atoms with Crippen molar-refractivity contribution in [3.63, 3.8) is 0 Å². The number of aromatic nitrogens is 2. The zero-order valence-electron chi connectivity index (χ0n) is 9.40. The lowest BCUT2D eigenvalue weighted by molar-refractivity contribution is 0.104. The fourth-order valence-electron chi connectivity index (χ4n) is 1.31. The standard InChI is InChI=1S/C11H11Cl2N3O2/c12-8-2-1-7(5-9(8)13)11-15-10(18-16-11)6-17-4-3-14/h1-2,5H,3-4,6,14H2. The number of rotatable bonds is 5. The van der Waals surface area contributed by atoms with Gasteiger partial charge in [-0.2, -0.15) is 4.98 Å². The average molecular weight is 288 g/mol. The van der Waals surface area contributed by atoms with E-state index in [1.54, 1.807) is 18.2 Å². The zero-order valence-corrected chi connectivity index (χ0v) is 10.9. The molecule has 2 rings (SSSR count). The third-order valence-corrected chi connectivity index (χ3v) is 2.87. The van der Waals surface area contributed by atoms with Crippen LogP contribution in [0.5, 0.6) is 0 Å². The maximum Gasteiger partial charge on any atom is 0.252 e. The molecule has 18 heavy (non-hydrogen) atoms. The van der Waals surface area contributed by atoms with Crippen LogP contribution in [0.3, 0.4) is 0 Å². The van der Waals surface area contributed by atoms with Crippen LogP contribution in [0.4, 0.5) is 0 Å². The molecule has 0 bridgehead atoms. The number of benzene rings is 1. The second-order valence-electron chi connectivity index (χ2n) is 3.48. The van der Waals surface area contributed by atoms with Crippen molar-refractivity contribution < 1.29 is 9.26 Å². The summed E-state index contributed by atoms with van der Waals surface area (Å²) in [7, 11) is 0. The van der Waals surface area contributed by atoms with E-state index in [-0.39, 0.29) is 6.61 Å². The predicted octanol–water partition coefficient (Wildman–Crippen LogP) is 2.52. The summed E-state index contributed by atoms with van der Waals surface area (Å²) in [5.41, 5.74) is 6.04. The van der Waals surface area contributed by atoms with Crippen LogP contribution in [0.2, 0.25) is 10.0 Å². The van der Waals surface area contributed by atoms with E-state index in [4.69, 9.17) is 38.2 Å². The molecule has 1 aromatic carbocycles. The Morgan fingerprint density at radius 2 is 2.11 bits per heavy atom. The summed E-state index contributed by atoms with van der Waals surface area (Å²) in [5, 5.41) is 4.76. The van der Waals surface area contributed by atoms with Crippen molar-refractivity contribution in [1.82, 2.24) is 10.1 Å². The largest absolute Gasteiger partial charge is 0.370 e. The lowest BCUT2D eigenvalue weighted by Crippen LogP contribution is -2.08. The van der Waals surface area contributed by atoms with Gasteiger partial charge in [0.25, 0.3) is 5.89 Å². The number of nitrogens with two attached hydrogens (primary N) is 1. The molecule has 5 nitrogen and oxygen atoms in total. The van der Waals surface area contributed by atoms with Crippen LogP contribution < -0.4 is 5.73 Å². The van der Waals surface area contributed by atoms with Crippen molar-refractivity contribution >= 4 is 23.2 Å². The quantitative estimate of drug-likeness (QED) is 0.856. The fourth-order valence-corrected chi connectivity index (χ4v) is 1.61. The molecular weight excluding hydrogens is 277 g/mol. The first-order chi connectivity index (χ1) is 8.70. The normalized spacial score (nSPS) is 10.8. The smallest absolute Gasteiger partial charge is 0.252 e. The molecule has 2 N–H and O–H groups in total. The van der Waals surface area contributed by atoms with Gasteiger partial charge in [-0.25, -0.2) is 0 Å². The highest BCUT2D eigenvalue weighted by Gasteiger charge is 2.10. The molecule has 1 heterocycles. The van der Waals surface area contributed by atoms with Crippen molar-refractivity contribution in [2.75, 3.05) is 13.2 Å². The van der Waals surface area contributed by atoms with Crippen LogP contribution in [0.15, 0.2) is 22.7 Å². The minimum Gasteiger partial charge on any atom is -0.370 e. The summed E-state index contributed by atoms with van der Waals surface area (Å²) in [6, 6.07) is 5.13. The van der Waals surface area contributed by atoms with Gasteiger partial charge in [0.1, 0.15) is 6.61 Å². The lowest BCUT2D eigenvalue weighted by Gasteiger charge is -1.97. The SMILES string of the molecule is NCCOCc1nc(-c2ccc(Cl)c(Cl)c2)no1. The maximum atomic E-state index is 5.92. The molecule has 0 amide bonds. The van der Waals surface area contributed by atoms with Gasteiger partial charge < -0.3 is 15.0 Å². The Morgan fingerprint density at radius 1 is 1.28 bits per heavy atom. The molecule has 0 saturated carbocycles. The van der Waals surface area contributed by atoms with Gasteiger partial charge in [0.2, 0.25) is 5.82 Å². The molecule has 0 atom stereocenters. The molecule has 0 unspecified atom stereocenters. The molecule has 0 aliphatic carbocycles. The molecule has 0 spiro atoms. The Labute approximate surface area is 114 Å². The molecule has 0 fully saturated rings. The Morgan fingerprint density at radius 3 is 2.83 bits per heavy atom. The van der Waals surface area contributed by atoms with Crippen molar-refractivity contribution in [1.29, 1.82) is 0 Å². The van der Waals surface area contributed by atoms with Gasteiger partial charge in [0, 0.05) is 12.1 Å². The number of nitrogens with zero attached hydrogens (tertiary/aromatic N) is 2. The number of hydrogen-bond acceptors (Lipinski definition) is 5. The third-order valence-electron chi connectivity index (χ3n) is 2.13. The Bertz CT molecular complexity index is 531.